The van der Waals surface area contributed by atoms with Crippen LogP contribution in [-0.4, -0.2) is 39.3 Å². The average Bonchev–Trinajstić information content (AvgIpc) is 3.17. The van der Waals surface area contributed by atoms with Crippen LogP contribution in [0.15, 0.2) is 53.7 Å². The van der Waals surface area contributed by atoms with E-state index in [1.54, 1.807) is 18.2 Å². The van der Waals surface area contributed by atoms with Crippen molar-refractivity contribution >= 4 is 34.1 Å². The zero-order valence-corrected chi connectivity index (χ0v) is 16.0. The van der Waals surface area contributed by atoms with E-state index in [1.165, 1.54) is 11.8 Å². The molecule has 0 amide bonds. The molecule has 0 N–H and O–H groups in total. The summed E-state index contributed by atoms with van der Waals surface area (Å²) in [6.07, 6.45) is 0. The standard InChI is InChI=1S/C21H17N3O3S/c1-13-10-14-4-2-3-5-16(14)24-20(13)22-23-21(24)28-12-17(25)15-6-7-18-19(11-15)27-9-8-26-18/h2-7,10-11H,8-9,12H2,1H3. The van der Waals surface area contributed by atoms with Crippen LogP contribution in [0.5, 0.6) is 11.5 Å². The normalized spacial score (nSPS) is 13.2. The molecule has 2 aromatic heterocycles. The van der Waals surface area contributed by atoms with E-state index in [0.29, 0.717) is 35.4 Å². The highest BCUT2D eigenvalue weighted by Gasteiger charge is 2.17. The third-order valence-electron chi connectivity index (χ3n) is 4.73. The number of hydrogen-bond donors (Lipinski definition) is 0. The Labute approximate surface area is 165 Å². The number of pyridine rings is 1. The van der Waals surface area contributed by atoms with E-state index in [2.05, 4.69) is 22.3 Å². The van der Waals surface area contributed by atoms with Crippen LogP contribution in [-0.2, 0) is 0 Å². The first-order valence-electron chi connectivity index (χ1n) is 9.00. The summed E-state index contributed by atoms with van der Waals surface area (Å²) in [4.78, 5) is 12.7. The van der Waals surface area contributed by atoms with E-state index >= 15 is 0 Å². The number of thioether (sulfide) groups is 1. The molecule has 6 nitrogen and oxygen atoms in total. The fourth-order valence-electron chi connectivity index (χ4n) is 3.38. The molecule has 5 rings (SSSR count). The van der Waals surface area contributed by atoms with Crippen molar-refractivity contribution in [3.8, 4) is 11.5 Å². The molecule has 4 aromatic rings. The molecule has 0 bridgehead atoms. The van der Waals surface area contributed by atoms with Gasteiger partial charge in [0, 0.05) is 5.56 Å². The SMILES string of the molecule is Cc1cc2ccccc2n2c(SCC(=O)c3ccc4c(c3)OCCO4)nnc12. The minimum Gasteiger partial charge on any atom is -0.486 e. The van der Waals surface area contributed by atoms with Gasteiger partial charge in [0.05, 0.1) is 11.3 Å². The molecule has 1 aliphatic rings. The molecule has 0 aliphatic carbocycles. The summed E-state index contributed by atoms with van der Waals surface area (Å²) in [5.41, 5.74) is 3.50. The summed E-state index contributed by atoms with van der Waals surface area (Å²) in [5, 5.41) is 10.5. The zero-order chi connectivity index (χ0) is 19.1. The highest BCUT2D eigenvalue weighted by Crippen LogP contribution is 2.32. The second-order valence-electron chi connectivity index (χ2n) is 6.60. The smallest absolute Gasteiger partial charge is 0.196 e. The number of aryl methyl sites for hydroxylation is 1. The number of nitrogens with zero attached hydrogens (tertiary/aromatic N) is 3. The molecule has 0 spiro atoms. The van der Waals surface area contributed by atoms with Crippen molar-refractivity contribution in [2.45, 2.75) is 12.1 Å². The Hall–Kier alpha value is -3.06. The summed E-state index contributed by atoms with van der Waals surface area (Å²) in [6, 6.07) is 15.5. The Morgan fingerprint density at radius 2 is 1.89 bits per heavy atom. The first kappa shape index (κ1) is 17.1. The lowest BCUT2D eigenvalue weighted by Gasteiger charge is -2.18. The Balaban J connectivity index is 1.44. The van der Waals surface area contributed by atoms with Crippen molar-refractivity contribution in [2.75, 3.05) is 19.0 Å². The van der Waals surface area contributed by atoms with Gasteiger partial charge < -0.3 is 9.47 Å². The molecule has 0 atom stereocenters. The monoisotopic (exact) mass is 391 g/mol. The van der Waals surface area contributed by atoms with Gasteiger partial charge in [-0.25, -0.2) is 0 Å². The number of ether oxygens (including phenoxy) is 2. The van der Waals surface area contributed by atoms with Crippen LogP contribution in [0.4, 0.5) is 0 Å². The van der Waals surface area contributed by atoms with E-state index in [1.807, 2.05) is 29.5 Å². The van der Waals surface area contributed by atoms with Crippen LogP contribution in [0.1, 0.15) is 15.9 Å². The summed E-state index contributed by atoms with van der Waals surface area (Å²) >= 11 is 1.39. The Kier molecular flexibility index (Phi) is 4.16. The molecular weight excluding hydrogens is 374 g/mol. The first-order chi connectivity index (χ1) is 13.7. The summed E-state index contributed by atoms with van der Waals surface area (Å²) in [7, 11) is 0. The zero-order valence-electron chi connectivity index (χ0n) is 15.2. The van der Waals surface area contributed by atoms with Gasteiger partial charge in [-0.15, -0.1) is 10.2 Å². The molecule has 0 saturated carbocycles. The highest BCUT2D eigenvalue weighted by atomic mass is 32.2. The summed E-state index contributed by atoms with van der Waals surface area (Å²) < 4.78 is 13.1. The van der Waals surface area contributed by atoms with Gasteiger partial charge in [-0.3, -0.25) is 9.20 Å². The summed E-state index contributed by atoms with van der Waals surface area (Å²) in [6.45, 7) is 3.05. The fourth-order valence-corrected chi connectivity index (χ4v) is 4.22. The van der Waals surface area contributed by atoms with Gasteiger partial charge in [0.15, 0.2) is 28.1 Å². The Bertz CT molecular complexity index is 1220. The molecule has 7 heteroatoms. The lowest BCUT2D eigenvalue weighted by atomic mass is 10.1. The van der Waals surface area contributed by atoms with E-state index in [4.69, 9.17) is 9.47 Å². The molecule has 28 heavy (non-hydrogen) atoms. The van der Waals surface area contributed by atoms with Crippen molar-refractivity contribution < 1.29 is 14.3 Å². The maximum atomic E-state index is 12.7. The topological polar surface area (TPSA) is 65.7 Å². The van der Waals surface area contributed by atoms with E-state index in [-0.39, 0.29) is 11.5 Å². The number of rotatable bonds is 4. The third-order valence-corrected chi connectivity index (χ3v) is 5.66. The maximum Gasteiger partial charge on any atom is 0.196 e. The number of Topliss-reactive ketones (excluding diaryl/α,β-unsaturated/α-hetero) is 1. The highest BCUT2D eigenvalue weighted by molar-refractivity contribution is 7.99. The Morgan fingerprint density at radius 1 is 1.07 bits per heavy atom. The van der Waals surface area contributed by atoms with Crippen LogP contribution < -0.4 is 9.47 Å². The average molecular weight is 391 g/mol. The van der Waals surface area contributed by atoms with Crippen LogP contribution in [0, 0.1) is 6.92 Å². The van der Waals surface area contributed by atoms with E-state index in [9.17, 15) is 4.79 Å². The molecule has 2 aromatic carbocycles. The molecule has 0 fully saturated rings. The second-order valence-corrected chi connectivity index (χ2v) is 7.54. The fraction of sp³-hybridized carbons (Fsp3) is 0.190. The predicted molar refractivity (Wildman–Crippen MR) is 108 cm³/mol. The number of fused-ring (bicyclic) bond motifs is 4. The van der Waals surface area contributed by atoms with E-state index in [0.717, 1.165) is 22.1 Å². The number of hydrogen-bond acceptors (Lipinski definition) is 6. The van der Waals surface area contributed by atoms with Gasteiger partial charge in [0.25, 0.3) is 0 Å². The van der Waals surface area contributed by atoms with Crippen LogP contribution in [0.3, 0.4) is 0 Å². The molecule has 3 heterocycles. The Morgan fingerprint density at radius 3 is 2.79 bits per heavy atom. The number of carbonyl (C=O) groups is 1. The number of carbonyl (C=O) groups excluding carboxylic acids is 1. The van der Waals surface area contributed by atoms with Crippen molar-refractivity contribution in [3.63, 3.8) is 0 Å². The number of aromatic nitrogens is 3. The number of ketones is 1. The van der Waals surface area contributed by atoms with Gasteiger partial charge in [-0.2, -0.15) is 0 Å². The van der Waals surface area contributed by atoms with Crippen molar-refractivity contribution in [3.05, 3.63) is 59.7 Å². The second kappa shape index (κ2) is 6.83. The van der Waals surface area contributed by atoms with Crippen molar-refractivity contribution in [2.24, 2.45) is 0 Å². The molecule has 0 saturated heterocycles. The molecule has 1 aliphatic heterocycles. The van der Waals surface area contributed by atoms with Gasteiger partial charge in [-0.05, 0) is 48.2 Å². The molecule has 0 radical (unpaired) electrons. The lowest BCUT2D eigenvalue weighted by Crippen LogP contribution is -2.16. The predicted octanol–water partition coefficient (Wildman–Crippen LogP) is 3.94. The third kappa shape index (κ3) is 2.88. The van der Waals surface area contributed by atoms with Gasteiger partial charge in [0.2, 0.25) is 0 Å². The van der Waals surface area contributed by atoms with Gasteiger partial charge in [0.1, 0.15) is 13.2 Å². The first-order valence-corrected chi connectivity index (χ1v) is 9.98. The van der Waals surface area contributed by atoms with Gasteiger partial charge >= 0.3 is 0 Å². The van der Waals surface area contributed by atoms with Crippen molar-refractivity contribution in [1.29, 1.82) is 0 Å². The summed E-state index contributed by atoms with van der Waals surface area (Å²) in [5.74, 6) is 1.58. The largest absolute Gasteiger partial charge is 0.486 e. The maximum absolute atomic E-state index is 12.7. The minimum absolute atomic E-state index is 0.00989. The van der Waals surface area contributed by atoms with E-state index < -0.39 is 0 Å². The van der Waals surface area contributed by atoms with Crippen molar-refractivity contribution in [1.82, 2.24) is 14.6 Å². The minimum atomic E-state index is 0.00989. The van der Waals surface area contributed by atoms with Crippen LogP contribution >= 0.6 is 11.8 Å². The molecular formula is C21H17N3O3S. The number of benzene rings is 2. The molecule has 0 unspecified atom stereocenters. The lowest BCUT2D eigenvalue weighted by molar-refractivity contribution is 0.102. The van der Waals surface area contributed by atoms with Crippen LogP contribution in [0.2, 0.25) is 0 Å². The quantitative estimate of drug-likeness (QED) is 0.388. The van der Waals surface area contributed by atoms with Gasteiger partial charge in [-0.1, -0.05) is 30.0 Å². The van der Waals surface area contributed by atoms with Crippen LogP contribution in [0.25, 0.3) is 16.6 Å². The number of para-hydroxylation sites is 1. The molecule has 140 valence electrons.